The van der Waals surface area contributed by atoms with Crippen LogP contribution in [0.3, 0.4) is 0 Å². The number of nitrogens with one attached hydrogen (secondary N) is 1. The number of sulfonamides is 1. The molecule has 0 unspecified atom stereocenters. The number of anilines is 1. The van der Waals surface area contributed by atoms with Crippen LogP contribution in [0.5, 0.6) is 0 Å². The van der Waals surface area contributed by atoms with E-state index >= 15 is 0 Å². The van der Waals surface area contributed by atoms with Gasteiger partial charge in [-0.15, -0.1) is 0 Å². The van der Waals surface area contributed by atoms with Crippen LogP contribution in [0.25, 0.3) is 0 Å². The second-order valence-corrected chi connectivity index (χ2v) is 6.51. The highest BCUT2D eigenvalue weighted by molar-refractivity contribution is 7.92. The SMILES string of the molecule is CC(C)(C)CS(=O)(=O)Nc1ccc(F)nc1. The molecule has 4 nitrogen and oxygen atoms in total. The van der Waals surface area contributed by atoms with Crippen LogP contribution in [0, 0.1) is 11.4 Å². The van der Waals surface area contributed by atoms with Crippen molar-refractivity contribution in [3.05, 3.63) is 24.3 Å². The molecule has 0 aliphatic rings. The zero-order chi connectivity index (χ0) is 12.4. The van der Waals surface area contributed by atoms with E-state index < -0.39 is 16.0 Å². The van der Waals surface area contributed by atoms with Crippen LogP contribution in [-0.4, -0.2) is 19.2 Å². The van der Waals surface area contributed by atoms with Crippen LogP contribution in [-0.2, 0) is 10.0 Å². The summed E-state index contributed by atoms with van der Waals surface area (Å²) in [5.74, 6) is -0.643. The van der Waals surface area contributed by atoms with Gasteiger partial charge in [0.15, 0.2) is 0 Å². The molecular formula is C10H15FN2O2S. The molecule has 1 rings (SSSR count). The summed E-state index contributed by atoms with van der Waals surface area (Å²) in [5.41, 5.74) is -0.0649. The average Bonchev–Trinajstić information content (AvgIpc) is 2.04. The maximum atomic E-state index is 12.5. The number of halogens is 1. The van der Waals surface area contributed by atoms with E-state index in [0.717, 1.165) is 12.3 Å². The van der Waals surface area contributed by atoms with Gasteiger partial charge in [-0.25, -0.2) is 13.4 Å². The third-order valence-electron chi connectivity index (χ3n) is 1.62. The van der Waals surface area contributed by atoms with E-state index in [1.165, 1.54) is 6.07 Å². The molecule has 1 aromatic rings. The molecule has 90 valence electrons. The Morgan fingerprint density at radius 1 is 1.38 bits per heavy atom. The number of hydrogen-bond donors (Lipinski definition) is 1. The van der Waals surface area contributed by atoms with Crippen molar-refractivity contribution in [1.29, 1.82) is 0 Å². The quantitative estimate of drug-likeness (QED) is 0.830. The minimum atomic E-state index is -3.42. The third kappa shape index (κ3) is 4.57. The molecule has 0 amide bonds. The van der Waals surface area contributed by atoms with Crippen LogP contribution < -0.4 is 4.72 Å². The van der Waals surface area contributed by atoms with Gasteiger partial charge in [-0.3, -0.25) is 4.72 Å². The summed E-state index contributed by atoms with van der Waals surface area (Å²) in [6.07, 6.45) is 1.15. The zero-order valence-electron chi connectivity index (χ0n) is 9.49. The number of rotatable bonds is 3. The molecule has 0 bridgehead atoms. The average molecular weight is 246 g/mol. The van der Waals surface area contributed by atoms with Gasteiger partial charge in [0.2, 0.25) is 16.0 Å². The first-order valence-electron chi connectivity index (χ1n) is 4.80. The van der Waals surface area contributed by atoms with Gasteiger partial charge in [-0.2, -0.15) is 4.39 Å². The summed E-state index contributed by atoms with van der Waals surface area (Å²) >= 11 is 0. The molecule has 0 saturated heterocycles. The molecule has 0 radical (unpaired) electrons. The van der Waals surface area contributed by atoms with E-state index in [9.17, 15) is 12.8 Å². The van der Waals surface area contributed by atoms with Crippen LogP contribution in [0.4, 0.5) is 10.1 Å². The molecule has 1 N–H and O–H groups in total. The van der Waals surface area contributed by atoms with Gasteiger partial charge >= 0.3 is 0 Å². The van der Waals surface area contributed by atoms with Crippen molar-refractivity contribution in [3.8, 4) is 0 Å². The molecule has 1 heterocycles. The Hall–Kier alpha value is -1.17. The first kappa shape index (κ1) is 12.9. The predicted octanol–water partition coefficient (Wildman–Crippen LogP) is 2.01. The van der Waals surface area contributed by atoms with Gasteiger partial charge in [0, 0.05) is 0 Å². The van der Waals surface area contributed by atoms with E-state index in [4.69, 9.17) is 0 Å². The topological polar surface area (TPSA) is 59.1 Å². The predicted molar refractivity (Wildman–Crippen MR) is 61.1 cm³/mol. The second-order valence-electron chi connectivity index (χ2n) is 4.79. The number of hydrogen-bond acceptors (Lipinski definition) is 3. The van der Waals surface area contributed by atoms with Gasteiger partial charge in [-0.1, -0.05) is 20.8 Å². The van der Waals surface area contributed by atoms with Crippen molar-refractivity contribution in [3.63, 3.8) is 0 Å². The van der Waals surface area contributed by atoms with Crippen LogP contribution in [0.15, 0.2) is 18.3 Å². The van der Waals surface area contributed by atoms with Crippen LogP contribution >= 0.6 is 0 Å². The Balaban J connectivity index is 2.77. The Morgan fingerprint density at radius 2 is 2.00 bits per heavy atom. The Morgan fingerprint density at radius 3 is 2.44 bits per heavy atom. The van der Waals surface area contributed by atoms with Gasteiger partial charge in [0.1, 0.15) is 0 Å². The first-order valence-corrected chi connectivity index (χ1v) is 6.45. The summed E-state index contributed by atoms with van der Waals surface area (Å²) in [7, 11) is -3.42. The monoisotopic (exact) mass is 246 g/mol. The molecule has 6 heteroatoms. The van der Waals surface area contributed by atoms with E-state index in [0.29, 0.717) is 0 Å². The summed E-state index contributed by atoms with van der Waals surface area (Å²) in [6.45, 7) is 5.49. The summed E-state index contributed by atoms with van der Waals surface area (Å²) in [5, 5.41) is 0. The van der Waals surface area contributed by atoms with Crippen molar-refractivity contribution < 1.29 is 12.8 Å². The lowest BCUT2D eigenvalue weighted by Gasteiger charge is -2.18. The van der Waals surface area contributed by atoms with E-state index in [1.54, 1.807) is 0 Å². The molecule has 0 atom stereocenters. The van der Waals surface area contributed by atoms with Gasteiger partial charge in [-0.05, 0) is 17.5 Å². The van der Waals surface area contributed by atoms with Crippen molar-refractivity contribution >= 4 is 15.7 Å². The molecule has 0 aliphatic heterocycles. The highest BCUT2D eigenvalue weighted by Gasteiger charge is 2.21. The Labute approximate surface area is 95.0 Å². The number of pyridine rings is 1. The molecule has 1 aromatic heterocycles. The molecule has 0 saturated carbocycles. The van der Waals surface area contributed by atoms with Gasteiger partial charge in [0.05, 0.1) is 17.6 Å². The minimum Gasteiger partial charge on any atom is -0.282 e. The molecule has 0 aliphatic carbocycles. The van der Waals surface area contributed by atoms with Crippen LogP contribution in [0.1, 0.15) is 20.8 Å². The maximum absolute atomic E-state index is 12.5. The van der Waals surface area contributed by atoms with E-state index in [2.05, 4.69) is 9.71 Å². The number of nitrogens with zero attached hydrogens (tertiary/aromatic N) is 1. The smallest absolute Gasteiger partial charge is 0.233 e. The van der Waals surface area contributed by atoms with Gasteiger partial charge in [0.25, 0.3) is 0 Å². The number of aromatic nitrogens is 1. The van der Waals surface area contributed by atoms with Crippen molar-refractivity contribution in [1.82, 2.24) is 4.98 Å². The molecule has 0 spiro atoms. The highest BCUT2D eigenvalue weighted by atomic mass is 32.2. The van der Waals surface area contributed by atoms with E-state index in [-0.39, 0.29) is 16.9 Å². The Bertz CT molecular complexity index is 449. The highest BCUT2D eigenvalue weighted by Crippen LogP contribution is 2.18. The third-order valence-corrected chi connectivity index (χ3v) is 3.42. The van der Waals surface area contributed by atoms with Crippen molar-refractivity contribution in [2.75, 3.05) is 10.5 Å². The summed E-state index contributed by atoms with van der Waals surface area (Å²) in [6, 6.07) is 2.44. The lowest BCUT2D eigenvalue weighted by atomic mass is 10.0. The summed E-state index contributed by atoms with van der Waals surface area (Å²) in [4.78, 5) is 3.37. The summed E-state index contributed by atoms with van der Waals surface area (Å²) < 4.78 is 38.2. The van der Waals surface area contributed by atoms with E-state index in [1.807, 2.05) is 20.8 Å². The normalized spacial score (nSPS) is 12.5. The second kappa shape index (κ2) is 4.37. The fraction of sp³-hybridized carbons (Fsp3) is 0.500. The standard InChI is InChI=1S/C10H15FN2O2S/c1-10(2,3)7-16(14,15)13-8-4-5-9(11)12-6-8/h4-6,13H,7H2,1-3H3. The molecular weight excluding hydrogens is 231 g/mol. The lowest BCUT2D eigenvalue weighted by Crippen LogP contribution is -2.26. The zero-order valence-corrected chi connectivity index (χ0v) is 10.3. The van der Waals surface area contributed by atoms with Crippen molar-refractivity contribution in [2.24, 2.45) is 5.41 Å². The fourth-order valence-electron chi connectivity index (χ4n) is 1.22. The maximum Gasteiger partial charge on any atom is 0.233 e. The molecule has 0 fully saturated rings. The fourth-order valence-corrected chi connectivity index (χ4v) is 2.91. The van der Waals surface area contributed by atoms with Gasteiger partial charge < -0.3 is 0 Å². The first-order chi connectivity index (χ1) is 7.18. The van der Waals surface area contributed by atoms with Crippen molar-refractivity contribution in [2.45, 2.75) is 20.8 Å². The molecule has 16 heavy (non-hydrogen) atoms. The van der Waals surface area contributed by atoms with Crippen LogP contribution in [0.2, 0.25) is 0 Å². The Kier molecular flexibility index (Phi) is 3.52. The lowest BCUT2D eigenvalue weighted by molar-refractivity contribution is 0.463. The minimum absolute atomic E-state index is 0.00260. The largest absolute Gasteiger partial charge is 0.282 e. The molecule has 0 aromatic carbocycles.